The van der Waals surface area contributed by atoms with Crippen LogP contribution in [0.2, 0.25) is 0 Å². The molecule has 4 heteroatoms. The van der Waals surface area contributed by atoms with Gasteiger partial charge in [-0.05, 0) is 43.5 Å². The van der Waals surface area contributed by atoms with Crippen molar-refractivity contribution in [3.8, 4) is 0 Å². The van der Waals surface area contributed by atoms with Gasteiger partial charge in [-0.1, -0.05) is 6.92 Å². The van der Waals surface area contributed by atoms with E-state index >= 15 is 0 Å². The van der Waals surface area contributed by atoms with Gasteiger partial charge in [-0.3, -0.25) is 4.79 Å². The first-order chi connectivity index (χ1) is 9.15. The molecule has 19 heavy (non-hydrogen) atoms. The van der Waals surface area contributed by atoms with Crippen LogP contribution in [0, 0.1) is 11.7 Å². The summed E-state index contributed by atoms with van der Waals surface area (Å²) < 4.78 is 18.3. The second-order valence-corrected chi connectivity index (χ2v) is 4.57. The molecule has 0 radical (unpaired) electrons. The topological polar surface area (TPSA) is 42.1 Å². The Morgan fingerprint density at radius 3 is 2.89 bits per heavy atom. The minimum absolute atomic E-state index is 0.179. The van der Waals surface area contributed by atoms with Crippen LogP contribution >= 0.6 is 0 Å². The Hall–Kier alpha value is -1.84. The van der Waals surface area contributed by atoms with E-state index in [2.05, 4.69) is 4.98 Å². The van der Waals surface area contributed by atoms with Crippen LogP contribution in [0.4, 0.5) is 4.39 Å². The average Bonchev–Trinajstić information content (AvgIpc) is 2.78. The minimum atomic E-state index is -0.266. The van der Waals surface area contributed by atoms with E-state index in [1.54, 1.807) is 13.0 Å². The lowest BCUT2D eigenvalue weighted by Gasteiger charge is -2.12. The molecule has 0 aliphatic carbocycles. The molecule has 0 saturated heterocycles. The van der Waals surface area contributed by atoms with Gasteiger partial charge in [-0.25, -0.2) is 4.39 Å². The summed E-state index contributed by atoms with van der Waals surface area (Å²) in [5, 5.41) is 0.836. The Morgan fingerprint density at radius 1 is 1.42 bits per heavy atom. The van der Waals surface area contributed by atoms with Crippen molar-refractivity contribution in [1.82, 2.24) is 4.98 Å². The van der Waals surface area contributed by atoms with Crippen LogP contribution in [0.25, 0.3) is 10.9 Å². The number of aromatic nitrogens is 1. The van der Waals surface area contributed by atoms with E-state index in [0.29, 0.717) is 19.4 Å². The van der Waals surface area contributed by atoms with Crippen molar-refractivity contribution in [2.45, 2.75) is 26.7 Å². The van der Waals surface area contributed by atoms with Crippen molar-refractivity contribution in [2.24, 2.45) is 5.92 Å². The third kappa shape index (κ3) is 2.95. The zero-order valence-corrected chi connectivity index (χ0v) is 11.2. The summed E-state index contributed by atoms with van der Waals surface area (Å²) in [6.45, 7) is 4.14. The van der Waals surface area contributed by atoms with Gasteiger partial charge in [0.1, 0.15) is 5.82 Å². The number of H-pyrrole nitrogens is 1. The molecule has 1 unspecified atom stereocenters. The standard InChI is InChI=1S/C15H18FNO2/c1-3-10(15(18)19-4-2)7-11-9-17-14-6-5-12(16)8-13(11)14/h5-6,8-10,17H,3-4,7H2,1-2H3. The van der Waals surface area contributed by atoms with Gasteiger partial charge in [0.15, 0.2) is 0 Å². The van der Waals surface area contributed by atoms with Gasteiger partial charge in [0, 0.05) is 17.1 Å². The van der Waals surface area contributed by atoms with Crippen LogP contribution in [0.5, 0.6) is 0 Å². The smallest absolute Gasteiger partial charge is 0.309 e. The Kier molecular flexibility index (Phi) is 4.20. The zero-order valence-electron chi connectivity index (χ0n) is 11.2. The second-order valence-electron chi connectivity index (χ2n) is 4.57. The molecule has 0 fully saturated rings. The highest BCUT2D eigenvalue weighted by Gasteiger charge is 2.19. The summed E-state index contributed by atoms with van der Waals surface area (Å²) in [6, 6.07) is 4.63. The van der Waals surface area contributed by atoms with Gasteiger partial charge < -0.3 is 9.72 Å². The molecule has 2 rings (SSSR count). The Balaban J connectivity index is 2.24. The van der Waals surface area contributed by atoms with Crippen molar-refractivity contribution in [3.05, 3.63) is 35.8 Å². The highest BCUT2D eigenvalue weighted by atomic mass is 19.1. The van der Waals surface area contributed by atoms with Gasteiger partial charge in [-0.15, -0.1) is 0 Å². The highest BCUT2D eigenvalue weighted by molar-refractivity contribution is 5.84. The Bertz CT molecular complexity index is 577. The molecule has 102 valence electrons. The summed E-state index contributed by atoms with van der Waals surface area (Å²) in [4.78, 5) is 14.9. The molecular formula is C15H18FNO2. The number of halogens is 1. The van der Waals surface area contributed by atoms with Crippen molar-refractivity contribution in [3.63, 3.8) is 0 Å². The molecule has 1 aromatic carbocycles. The largest absolute Gasteiger partial charge is 0.466 e. The fraction of sp³-hybridized carbons (Fsp3) is 0.400. The maximum Gasteiger partial charge on any atom is 0.309 e. The number of nitrogens with one attached hydrogen (secondary N) is 1. The maximum atomic E-state index is 13.3. The van der Waals surface area contributed by atoms with Crippen molar-refractivity contribution in [1.29, 1.82) is 0 Å². The molecule has 1 heterocycles. The fourth-order valence-corrected chi connectivity index (χ4v) is 2.24. The van der Waals surface area contributed by atoms with Crippen molar-refractivity contribution in [2.75, 3.05) is 6.61 Å². The zero-order chi connectivity index (χ0) is 13.8. The minimum Gasteiger partial charge on any atom is -0.466 e. The number of benzene rings is 1. The summed E-state index contributed by atoms with van der Waals surface area (Å²) >= 11 is 0. The first-order valence-electron chi connectivity index (χ1n) is 6.57. The summed E-state index contributed by atoms with van der Waals surface area (Å²) in [7, 11) is 0. The number of hydrogen-bond donors (Lipinski definition) is 1. The third-order valence-electron chi connectivity index (χ3n) is 3.31. The molecule has 3 nitrogen and oxygen atoms in total. The van der Waals surface area contributed by atoms with Gasteiger partial charge in [0.2, 0.25) is 0 Å². The van der Waals surface area contributed by atoms with Crippen molar-refractivity contribution >= 4 is 16.9 Å². The van der Waals surface area contributed by atoms with Gasteiger partial charge in [0.25, 0.3) is 0 Å². The number of aromatic amines is 1. The Labute approximate surface area is 111 Å². The SMILES string of the molecule is CCOC(=O)C(CC)Cc1c[nH]c2ccc(F)cc12. The van der Waals surface area contributed by atoms with Crippen LogP contribution in [-0.2, 0) is 16.0 Å². The lowest BCUT2D eigenvalue weighted by atomic mass is 9.96. The molecular weight excluding hydrogens is 245 g/mol. The first kappa shape index (κ1) is 13.6. The molecule has 1 atom stereocenters. The van der Waals surface area contributed by atoms with E-state index in [1.807, 2.05) is 13.1 Å². The predicted molar refractivity (Wildman–Crippen MR) is 72.4 cm³/mol. The number of ether oxygens (including phenoxy) is 1. The number of carbonyl (C=O) groups is 1. The summed E-state index contributed by atoms with van der Waals surface area (Å²) in [6.07, 6.45) is 3.12. The van der Waals surface area contributed by atoms with E-state index in [9.17, 15) is 9.18 Å². The predicted octanol–water partition coefficient (Wildman–Crippen LogP) is 3.44. The first-order valence-corrected chi connectivity index (χ1v) is 6.57. The molecule has 0 aliphatic rings. The van der Waals surface area contributed by atoms with Gasteiger partial charge >= 0.3 is 5.97 Å². The van der Waals surface area contributed by atoms with Crippen molar-refractivity contribution < 1.29 is 13.9 Å². The molecule has 0 amide bonds. The van der Waals surface area contributed by atoms with Gasteiger partial charge in [-0.2, -0.15) is 0 Å². The third-order valence-corrected chi connectivity index (χ3v) is 3.31. The lowest BCUT2D eigenvalue weighted by Crippen LogP contribution is -2.19. The van der Waals surface area contributed by atoms with Crippen LogP contribution in [0.1, 0.15) is 25.8 Å². The van der Waals surface area contributed by atoms with Crippen LogP contribution < -0.4 is 0 Å². The molecule has 0 saturated carbocycles. The molecule has 1 aromatic heterocycles. The quantitative estimate of drug-likeness (QED) is 0.840. The van der Waals surface area contributed by atoms with E-state index < -0.39 is 0 Å². The van der Waals surface area contributed by atoms with E-state index in [1.165, 1.54) is 12.1 Å². The molecule has 0 aliphatic heterocycles. The van der Waals surface area contributed by atoms with E-state index in [4.69, 9.17) is 4.74 Å². The lowest BCUT2D eigenvalue weighted by molar-refractivity contribution is -0.148. The summed E-state index contributed by atoms with van der Waals surface area (Å²) in [5.41, 5.74) is 1.84. The normalized spacial score (nSPS) is 12.6. The van der Waals surface area contributed by atoms with Gasteiger partial charge in [0.05, 0.1) is 12.5 Å². The molecule has 0 bridgehead atoms. The van der Waals surface area contributed by atoms with E-state index in [0.717, 1.165) is 16.5 Å². The number of fused-ring (bicyclic) bond motifs is 1. The monoisotopic (exact) mass is 263 g/mol. The number of carbonyl (C=O) groups excluding carboxylic acids is 1. The average molecular weight is 263 g/mol. The van der Waals surface area contributed by atoms with Crippen LogP contribution in [-0.4, -0.2) is 17.6 Å². The number of hydrogen-bond acceptors (Lipinski definition) is 2. The fourth-order valence-electron chi connectivity index (χ4n) is 2.24. The second kappa shape index (κ2) is 5.87. The Morgan fingerprint density at radius 2 is 2.21 bits per heavy atom. The molecule has 1 N–H and O–H groups in total. The maximum absolute atomic E-state index is 13.3. The van der Waals surface area contributed by atoms with Crippen LogP contribution in [0.15, 0.2) is 24.4 Å². The number of rotatable bonds is 5. The highest BCUT2D eigenvalue weighted by Crippen LogP contribution is 2.23. The molecule has 0 spiro atoms. The van der Waals surface area contributed by atoms with E-state index in [-0.39, 0.29) is 17.7 Å². The van der Waals surface area contributed by atoms with Crippen LogP contribution in [0.3, 0.4) is 0 Å². The molecule has 2 aromatic rings. The summed E-state index contributed by atoms with van der Waals surface area (Å²) in [5.74, 6) is -0.629. The number of esters is 1.